The third-order valence-corrected chi connectivity index (χ3v) is 4.45. The number of thioether (sulfide) groups is 1. The predicted octanol–water partition coefficient (Wildman–Crippen LogP) is 1.55. The predicted molar refractivity (Wildman–Crippen MR) is 64.0 cm³/mol. The summed E-state index contributed by atoms with van der Waals surface area (Å²) >= 11 is 1.74. The second kappa shape index (κ2) is 5.75. The number of carbonyl (C=O) groups is 1. The Bertz CT molecular complexity index is 215. The van der Waals surface area contributed by atoms with Gasteiger partial charge in [0.1, 0.15) is 0 Å². The van der Waals surface area contributed by atoms with Gasteiger partial charge < -0.3 is 10.4 Å². The van der Waals surface area contributed by atoms with E-state index in [2.05, 4.69) is 5.32 Å². The molecule has 3 nitrogen and oxygen atoms in total. The average Bonchev–Trinajstić information content (AvgIpc) is 2.66. The minimum absolute atomic E-state index is 0.133. The minimum Gasteiger partial charge on any atom is -0.393 e. The third-order valence-electron chi connectivity index (χ3n) is 2.93. The molecule has 0 aromatic heterocycles. The van der Waals surface area contributed by atoms with E-state index >= 15 is 0 Å². The highest BCUT2D eigenvalue weighted by molar-refractivity contribution is 8.01. The maximum absolute atomic E-state index is 11.8. The summed E-state index contributed by atoms with van der Waals surface area (Å²) in [5.41, 5.74) is 0. The Hall–Kier alpha value is -0.220. The molecule has 88 valence electrons. The maximum Gasteiger partial charge on any atom is 0.235 e. The third kappa shape index (κ3) is 3.68. The molecular formula is C11H21NO2S. The average molecular weight is 231 g/mol. The highest BCUT2D eigenvalue weighted by Crippen LogP contribution is 2.37. The van der Waals surface area contributed by atoms with Gasteiger partial charge in [-0.3, -0.25) is 4.79 Å². The molecule has 1 amide bonds. The molecule has 0 aliphatic carbocycles. The van der Waals surface area contributed by atoms with Crippen molar-refractivity contribution in [3.05, 3.63) is 0 Å². The van der Waals surface area contributed by atoms with E-state index in [4.69, 9.17) is 0 Å². The molecule has 4 heteroatoms. The molecule has 2 atom stereocenters. The van der Waals surface area contributed by atoms with Crippen LogP contribution in [0, 0.1) is 0 Å². The van der Waals surface area contributed by atoms with Crippen molar-refractivity contribution < 1.29 is 9.90 Å². The number of hydrogen-bond acceptors (Lipinski definition) is 3. The van der Waals surface area contributed by atoms with Crippen molar-refractivity contribution in [2.45, 2.75) is 50.4 Å². The number of carbonyl (C=O) groups excluding carboxylic acids is 1. The maximum atomic E-state index is 11.8. The molecule has 1 aliphatic rings. The molecule has 1 saturated heterocycles. The van der Waals surface area contributed by atoms with Crippen LogP contribution >= 0.6 is 11.8 Å². The molecule has 1 heterocycles. The van der Waals surface area contributed by atoms with E-state index in [1.165, 1.54) is 0 Å². The molecule has 1 fully saturated rings. The zero-order valence-corrected chi connectivity index (χ0v) is 10.4. The summed E-state index contributed by atoms with van der Waals surface area (Å²) in [5, 5.41) is 12.3. The van der Waals surface area contributed by atoms with Gasteiger partial charge in [0.05, 0.1) is 10.9 Å². The van der Waals surface area contributed by atoms with Gasteiger partial charge in [-0.05, 0) is 38.4 Å². The summed E-state index contributed by atoms with van der Waals surface area (Å²) in [5.74, 6) is 1.22. The van der Waals surface area contributed by atoms with Gasteiger partial charge in [0.2, 0.25) is 5.91 Å². The van der Waals surface area contributed by atoms with Crippen LogP contribution in [0.15, 0.2) is 0 Å². The van der Waals surface area contributed by atoms with Crippen LogP contribution in [-0.2, 0) is 4.79 Å². The van der Waals surface area contributed by atoms with E-state index in [0.717, 1.165) is 25.0 Å². The molecule has 1 rings (SSSR count). The van der Waals surface area contributed by atoms with Crippen molar-refractivity contribution in [1.29, 1.82) is 0 Å². The molecule has 0 aromatic rings. The van der Waals surface area contributed by atoms with Gasteiger partial charge >= 0.3 is 0 Å². The standard InChI is InChI=1S/C11H21NO2S/c1-3-9(13)5-7-12-10(14)11(2)6-4-8-15-11/h9,13H,3-8H2,1-2H3,(H,12,14). The van der Waals surface area contributed by atoms with E-state index in [1.54, 1.807) is 11.8 Å². The monoisotopic (exact) mass is 231 g/mol. The van der Waals surface area contributed by atoms with Gasteiger partial charge in [-0.2, -0.15) is 0 Å². The van der Waals surface area contributed by atoms with E-state index in [0.29, 0.717) is 13.0 Å². The van der Waals surface area contributed by atoms with Crippen LogP contribution in [0.1, 0.15) is 39.5 Å². The normalized spacial score (nSPS) is 27.7. The Morgan fingerprint density at radius 2 is 2.40 bits per heavy atom. The largest absolute Gasteiger partial charge is 0.393 e. The second-order valence-corrected chi connectivity index (χ2v) is 5.89. The fourth-order valence-corrected chi connectivity index (χ4v) is 2.93. The molecule has 0 radical (unpaired) electrons. The van der Waals surface area contributed by atoms with Crippen LogP contribution in [0.5, 0.6) is 0 Å². The molecule has 0 aromatic carbocycles. The lowest BCUT2D eigenvalue weighted by Crippen LogP contribution is -2.41. The van der Waals surface area contributed by atoms with Gasteiger partial charge in [-0.25, -0.2) is 0 Å². The van der Waals surface area contributed by atoms with E-state index in [9.17, 15) is 9.90 Å². The van der Waals surface area contributed by atoms with Crippen LogP contribution in [0.4, 0.5) is 0 Å². The molecular weight excluding hydrogens is 210 g/mol. The van der Waals surface area contributed by atoms with Crippen molar-refractivity contribution in [3.63, 3.8) is 0 Å². The summed E-state index contributed by atoms with van der Waals surface area (Å²) in [6.07, 6.45) is 3.23. The first kappa shape index (κ1) is 12.8. The van der Waals surface area contributed by atoms with Crippen molar-refractivity contribution in [2.24, 2.45) is 0 Å². The van der Waals surface area contributed by atoms with Crippen molar-refractivity contribution in [3.8, 4) is 0 Å². The summed E-state index contributed by atoms with van der Waals surface area (Å²) in [7, 11) is 0. The first-order valence-corrected chi connectivity index (χ1v) is 6.67. The van der Waals surface area contributed by atoms with Gasteiger partial charge in [0.25, 0.3) is 0 Å². The number of amides is 1. The Kier molecular flexibility index (Phi) is 4.93. The van der Waals surface area contributed by atoms with E-state index in [1.807, 2.05) is 13.8 Å². The molecule has 0 saturated carbocycles. The Labute approximate surface area is 96.0 Å². The quantitative estimate of drug-likeness (QED) is 0.755. The summed E-state index contributed by atoms with van der Waals surface area (Å²) < 4.78 is -0.225. The first-order valence-electron chi connectivity index (χ1n) is 5.69. The van der Waals surface area contributed by atoms with E-state index in [-0.39, 0.29) is 16.8 Å². The van der Waals surface area contributed by atoms with Crippen LogP contribution < -0.4 is 5.32 Å². The Morgan fingerprint density at radius 1 is 1.67 bits per heavy atom. The number of nitrogens with one attached hydrogen (secondary N) is 1. The van der Waals surface area contributed by atoms with Crippen LogP contribution in [0.25, 0.3) is 0 Å². The van der Waals surface area contributed by atoms with Gasteiger partial charge in [0.15, 0.2) is 0 Å². The second-order valence-electron chi connectivity index (χ2n) is 4.29. The van der Waals surface area contributed by atoms with Crippen LogP contribution in [0.3, 0.4) is 0 Å². The molecule has 2 N–H and O–H groups in total. The highest BCUT2D eigenvalue weighted by atomic mass is 32.2. The van der Waals surface area contributed by atoms with Crippen LogP contribution in [-0.4, -0.2) is 34.2 Å². The smallest absolute Gasteiger partial charge is 0.235 e. The van der Waals surface area contributed by atoms with E-state index < -0.39 is 0 Å². The summed E-state index contributed by atoms with van der Waals surface area (Å²) in [6, 6.07) is 0. The summed E-state index contributed by atoms with van der Waals surface area (Å²) in [6.45, 7) is 4.54. The zero-order chi connectivity index (χ0) is 11.3. The first-order chi connectivity index (χ1) is 7.08. The molecule has 0 spiro atoms. The molecule has 15 heavy (non-hydrogen) atoms. The minimum atomic E-state index is -0.283. The lowest BCUT2D eigenvalue weighted by atomic mass is 10.0. The van der Waals surface area contributed by atoms with Gasteiger partial charge in [-0.15, -0.1) is 11.8 Å². The molecule has 2 unspecified atom stereocenters. The van der Waals surface area contributed by atoms with Crippen molar-refractivity contribution in [1.82, 2.24) is 5.32 Å². The molecule has 1 aliphatic heterocycles. The number of aliphatic hydroxyl groups excluding tert-OH is 1. The lowest BCUT2D eigenvalue weighted by Gasteiger charge is -2.21. The SMILES string of the molecule is CCC(O)CCNC(=O)C1(C)CCCS1. The van der Waals surface area contributed by atoms with Crippen LogP contribution in [0.2, 0.25) is 0 Å². The zero-order valence-electron chi connectivity index (χ0n) is 9.58. The topological polar surface area (TPSA) is 49.3 Å². The number of hydrogen-bond donors (Lipinski definition) is 2. The van der Waals surface area contributed by atoms with Crippen molar-refractivity contribution in [2.75, 3.05) is 12.3 Å². The fraction of sp³-hybridized carbons (Fsp3) is 0.909. The van der Waals surface area contributed by atoms with Gasteiger partial charge in [0, 0.05) is 6.54 Å². The number of rotatable bonds is 5. The Balaban J connectivity index is 2.24. The summed E-state index contributed by atoms with van der Waals surface area (Å²) in [4.78, 5) is 11.8. The fourth-order valence-electron chi connectivity index (χ4n) is 1.70. The number of aliphatic hydroxyl groups is 1. The van der Waals surface area contributed by atoms with Gasteiger partial charge in [-0.1, -0.05) is 6.92 Å². The highest BCUT2D eigenvalue weighted by Gasteiger charge is 2.36. The lowest BCUT2D eigenvalue weighted by molar-refractivity contribution is -0.123. The molecule has 0 bridgehead atoms. The Morgan fingerprint density at radius 3 is 2.93 bits per heavy atom. The van der Waals surface area contributed by atoms with Crippen molar-refractivity contribution >= 4 is 17.7 Å².